The normalized spacial score (nSPS) is 10.4. The quantitative estimate of drug-likeness (QED) is 0.214. The Labute approximate surface area is 263 Å². The molecule has 242 valence electrons. The molecule has 0 saturated heterocycles. The van der Waals surface area contributed by atoms with Gasteiger partial charge in [0.05, 0.1) is 29.5 Å². The van der Waals surface area contributed by atoms with E-state index in [0.29, 0.717) is 5.69 Å². The number of rotatable bonds is 10. The molecule has 0 radical (unpaired) electrons. The second-order valence-electron chi connectivity index (χ2n) is 10.7. The first-order chi connectivity index (χ1) is 20.8. The molecule has 0 saturated carbocycles. The molecule has 0 aliphatic heterocycles. The van der Waals surface area contributed by atoms with Gasteiger partial charge in [-0.2, -0.15) is 18.4 Å². The molecule has 4 nitrogen and oxygen atoms in total. The van der Waals surface area contributed by atoms with Gasteiger partial charge in [0.1, 0.15) is 11.4 Å². The van der Waals surface area contributed by atoms with E-state index in [9.17, 15) is 18.0 Å². The predicted molar refractivity (Wildman–Crippen MR) is 175 cm³/mol. The minimum Gasteiger partial charge on any atom is -0.489 e. The Kier molecular flexibility index (Phi) is 20.9. The van der Waals surface area contributed by atoms with Gasteiger partial charge in [0.15, 0.2) is 5.78 Å². The number of hydrogen-bond donors (Lipinski definition) is 0. The third-order valence-corrected chi connectivity index (χ3v) is 6.89. The van der Waals surface area contributed by atoms with Gasteiger partial charge in [-0.25, -0.2) is 4.98 Å². The number of nitriles is 1. The SMILES string of the molecule is CCC(C)CC.CCCC(CCC)Oc1ccc(C(C)=O)nc1.CCc1ccc(C#N)cc1.Cc1ccc(C(F)(F)F)cc1. The van der Waals surface area contributed by atoms with Crippen LogP contribution >= 0.6 is 0 Å². The number of carbonyl (C=O) groups is 1. The zero-order chi connectivity index (χ0) is 33.5. The molecule has 3 aromatic rings. The Morgan fingerprint density at radius 1 is 0.886 bits per heavy atom. The molecule has 44 heavy (non-hydrogen) atoms. The molecule has 7 heteroatoms. The van der Waals surface area contributed by atoms with Crippen LogP contribution in [0.15, 0.2) is 66.9 Å². The van der Waals surface area contributed by atoms with E-state index in [0.717, 1.165) is 67.0 Å². The van der Waals surface area contributed by atoms with Crippen molar-refractivity contribution in [2.45, 2.75) is 113 Å². The van der Waals surface area contributed by atoms with Gasteiger partial charge < -0.3 is 4.74 Å². The highest BCUT2D eigenvalue weighted by Gasteiger charge is 2.29. The summed E-state index contributed by atoms with van der Waals surface area (Å²) in [6.07, 6.45) is 5.72. The summed E-state index contributed by atoms with van der Waals surface area (Å²) < 4.78 is 41.6. The number of benzene rings is 2. The average molecular weight is 613 g/mol. The van der Waals surface area contributed by atoms with Gasteiger partial charge in [-0.05, 0) is 74.1 Å². The van der Waals surface area contributed by atoms with Crippen molar-refractivity contribution in [3.63, 3.8) is 0 Å². The fourth-order valence-corrected chi connectivity index (χ4v) is 3.60. The lowest BCUT2D eigenvalue weighted by Crippen LogP contribution is -2.16. The van der Waals surface area contributed by atoms with Crippen LogP contribution in [-0.4, -0.2) is 16.9 Å². The summed E-state index contributed by atoms with van der Waals surface area (Å²) in [7, 11) is 0. The maximum Gasteiger partial charge on any atom is 0.416 e. The zero-order valence-corrected chi connectivity index (χ0v) is 27.8. The van der Waals surface area contributed by atoms with Gasteiger partial charge in [0, 0.05) is 6.92 Å². The summed E-state index contributed by atoms with van der Waals surface area (Å²) in [4.78, 5) is 15.2. The lowest BCUT2D eigenvalue weighted by molar-refractivity contribution is -0.137. The summed E-state index contributed by atoms with van der Waals surface area (Å²) >= 11 is 0. The first-order valence-corrected chi connectivity index (χ1v) is 15.6. The van der Waals surface area contributed by atoms with Crippen LogP contribution in [0.3, 0.4) is 0 Å². The first-order valence-electron chi connectivity index (χ1n) is 15.6. The molecule has 0 unspecified atom stereocenters. The van der Waals surface area contributed by atoms with E-state index in [2.05, 4.69) is 52.6 Å². The summed E-state index contributed by atoms with van der Waals surface area (Å²) in [6.45, 7) is 16.4. The van der Waals surface area contributed by atoms with Gasteiger partial charge in [0.2, 0.25) is 0 Å². The van der Waals surface area contributed by atoms with Crippen LogP contribution in [0.4, 0.5) is 13.2 Å². The van der Waals surface area contributed by atoms with Crippen molar-refractivity contribution in [3.8, 4) is 11.8 Å². The second kappa shape index (κ2) is 22.8. The molecule has 0 aliphatic carbocycles. The molecule has 0 spiro atoms. The van der Waals surface area contributed by atoms with Gasteiger partial charge in [-0.1, -0.05) is 97.1 Å². The zero-order valence-electron chi connectivity index (χ0n) is 27.8. The molecule has 0 aliphatic rings. The second-order valence-corrected chi connectivity index (χ2v) is 10.7. The topological polar surface area (TPSA) is 63.0 Å². The van der Waals surface area contributed by atoms with Crippen LogP contribution in [0, 0.1) is 24.2 Å². The minimum absolute atomic E-state index is 0.0183. The molecule has 0 atom stereocenters. The molecule has 2 aromatic carbocycles. The number of carbonyl (C=O) groups excluding carboxylic acids is 1. The number of ketones is 1. The molecule has 0 bridgehead atoms. The van der Waals surface area contributed by atoms with Crippen molar-refractivity contribution in [2.24, 2.45) is 5.92 Å². The molecular weight excluding hydrogens is 561 g/mol. The number of hydrogen-bond acceptors (Lipinski definition) is 4. The maximum atomic E-state index is 11.9. The monoisotopic (exact) mass is 612 g/mol. The number of Topliss-reactive ketones (excluding diaryl/α,β-unsaturated/α-hetero) is 1. The van der Waals surface area contributed by atoms with Crippen molar-refractivity contribution < 1.29 is 22.7 Å². The number of pyridine rings is 1. The van der Waals surface area contributed by atoms with E-state index in [1.165, 1.54) is 37.5 Å². The fourth-order valence-electron chi connectivity index (χ4n) is 3.60. The lowest BCUT2D eigenvalue weighted by atomic mass is 10.1. The Morgan fingerprint density at radius 2 is 1.43 bits per heavy atom. The fraction of sp³-hybridized carbons (Fsp3) is 0.486. The van der Waals surface area contributed by atoms with E-state index < -0.39 is 11.7 Å². The van der Waals surface area contributed by atoms with Crippen LogP contribution in [0.1, 0.15) is 120 Å². The first kappa shape index (κ1) is 40.3. The van der Waals surface area contributed by atoms with Crippen LogP contribution < -0.4 is 4.74 Å². The van der Waals surface area contributed by atoms with E-state index in [1.54, 1.807) is 19.2 Å². The Balaban J connectivity index is 0.000000597. The Bertz CT molecular complexity index is 1190. The Hall–Kier alpha value is -3.66. The van der Waals surface area contributed by atoms with Crippen LogP contribution in [0.2, 0.25) is 0 Å². The highest BCUT2D eigenvalue weighted by molar-refractivity contribution is 5.92. The molecule has 1 aromatic heterocycles. The maximum absolute atomic E-state index is 11.9. The van der Waals surface area contributed by atoms with Gasteiger partial charge in [-0.15, -0.1) is 0 Å². The summed E-state index contributed by atoms with van der Waals surface area (Å²) in [5.41, 5.74) is 2.73. The summed E-state index contributed by atoms with van der Waals surface area (Å²) in [6, 6.07) is 18.3. The number of aromatic nitrogens is 1. The minimum atomic E-state index is -4.21. The van der Waals surface area contributed by atoms with Crippen molar-refractivity contribution in [2.75, 3.05) is 0 Å². The van der Waals surface area contributed by atoms with Crippen molar-refractivity contribution >= 4 is 5.78 Å². The molecule has 3 rings (SSSR count). The van der Waals surface area contributed by atoms with Crippen LogP contribution in [-0.2, 0) is 12.6 Å². The van der Waals surface area contributed by atoms with Crippen molar-refractivity contribution in [1.29, 1.82) is 5.26 Å². The molecule has 0 fully saturated rings. The standard InChI is InChI=1S/C14H21NO2.C9H9N.C8H7F3.C6H14/c1-4-6-12(7-5-2)17-13-8-9-14(11(3)16)15-10-13;1-2-8-3-5-9(7-10)6-4-8;1-6-2-4-7(5-3-6)8(9,10)11;1-4-6(3)5-2/h8-10,12H,4-7H2,1-3H3;3-6H,2H2,1H3;2-5H,1H3;6H,4-5H2,1-3H3. The van der Waals surface area contributed by atoms with Crippen molar-refractivity contribution in [1.82, 2.24) is 4.98 Å². The van der Waals surface area contributed by atoms with Gasteiger partial charge >= 0.3 is 6.18 Å². The molecule has 0 amide bonds. The largest absolute Gasteiger partial charge is 0.489 e. The molecule has 0 N–H and O–H groups in total. The van der Waals surface area contributed by atoms with E-state index in [1.807, 2.05) is 30.3 Å². The molecular formula is C37H51F3N2O2. The van der Waals surface area contributed by atoms with Crippen molar-refractivity contribution in [3.05, 3.63) is 94.8 Å². The highest BCUT2D eigenvalue weighted by atomic mass is 19.4. The number of alkyl halides is 3. The van der Waals surface area contributed by atoms with Crippen LogP contribution in [0.25, 0.3) is 0 Å². The smallest absolute Gasteiger partial charge is 0.416 e. The summed E-state index contributed by atoms with van der Waals surface area (Å²) in [5.74, 6) is 1.67. The van der Waals surface area contributed by atoms with E-state index >= 15 is 0 Å². The predicted octanol–water partition coefficient (Wildman–Crippen LogP) is 11.2. The number of ether oxygens (including phenoxy) is 1. The van der Waals surface area contributed by atoms with E-state index in [-0.39, 0.29) is 11.9 Å². The Morgan fingerprint density at radius 3 is 1.77 bits per heavy atom. The number of halogens is 3. The van der Waals surface area contributed by atoms with Gasteiger partial charge in [0.25, 0.3) is 0 Å². The third-order valence-electron chi connectivity index (χ3n) is 6.89. The average Bonchev–Trinajstić information content (AvgIpc) is 3.02. The van der Waals surface area contributed by atoms with Gasteiger partial charge in [-0.3, -0.25) is 4.79 Å². The molecule has 1 heterocycles. The van der Waals surface area contributed by atoms with E-state index in [4.69, 9.17) is 10.00 Å². The van der Waals surface area contributed by atoms with Crippen LogP contribution in [0.5, 0.6) is 5.75 Å². The number of aryl methyl sites for hydroxylation is 2. The lowest BCUT2D eigenvalue weighted by Gasteiger charge is -2.17. The highest BCUT2D eigenvalue weighted by Crippen LogP contribution is 2.28. The summed E-state index contributed by atoms with van der Waals surface area (Å²) in [5, 5.41) is 8.45. The number of nitrogens with zero attached hydrogens (tertiary/aromatic N) is 2. The third kappa shape index (κ3) is 18.1.